The first-order valence-corrected chi connectivity index (χ1v) is 11.8. The summed E-state index contributed by atoms with van der Waals surface area (Å²) in [4.78, 5) is 24.8. The van der Waals surface area contributed by atoms with Crippen molar-refractivity contribution in [3.05, 3.63) is 77.1 Å². The van der Waals surface area contributed by atoms with Gasteiger partial charge < -0.3 is 9.42 Å². The van der Waals surface area contributed by atoms with Gasteiger partial charge in [-0.05, 0) is 50.2 Å². The zero-order valence-electron chi connectivity index (χ0n) is 19.3. The first-order valence-electron chi connectivity index (χ1n) is 11.8. The molecule has 0 spiro atoms. The molecule has 2 aliphatic carbocycles. The summed E-state index contributed by atoms with van der Waals surface area (Å²) in [6.45, 7) is 1.93. The summed E-state index contributed by atoms with van der Waals surface area (Å²) in [7, 11) is 1.78. The third-order valence-corrected chi connectivity index (χ3v) is 6.99. The number of benzene rings is 1. The Morgan fingerprint density at radius 1 is 1.15 bits per heavy atom. The molecule has 3 aromatic heterocycles. The number of carbonyl (C=O) groups excluding carboxylic acids is 1. The molecule has 8 nitrogen and oxygen atoms in total. The number of amides is 1. The minimum Gasteiger partial charge on any atom is -0.364 e. The van der Waals surface area contributed by atoms with Gasteiger partial charge in [-0.15, -0.1) is 0 Å². The highest BCUT2D eigenvalue weighted by Gasteiger charge is 2.35. The van der Waals surface area contributed by atoms with Crippen LogP contribution < -0.4 is 0 Å². The molecule has 1 aromatic carbocycles. The average Bonchev–Trinajstić information content (AvgIpc) is 3.42. The van der Waals surface area contributed by atoms with E-state index < -0.39 is 0 Å². The van der Waals surface area contributed by atoms with Gasteiger partial charge in [-0.3, -0.25) is 4.79 Å². The molecule has 0 aliphatic heterocycles. The monoisotopic (exact) mass is 454 g/mol. The lowest BCUT2D eigenvalue weighted by atomic mass is 10.0. The van der Waals surface area contributed by atoms with Crippen molar-refractivity contribution in [2.24, 2.45) is 0 Å². The van der Waals surface area contributed by atoms with Crippen LogP contribution in [-0.4, -0.2) is 42.8 Å². The van der Waals surface area contributed by atoms with Crippen molar-refractivity contribution in [2.75, 3.05) is 7.05 Å². The van der Waals surface area contributed by atoms with Crippen LogP contribution in [0.15, 0.2) is 53.5 Å². The molecule has 0 radical (unpaired) electrons. The number of hydrogen-bond acceptors (Lipinski definition) is 6. The maximum Gasteiger partial charge on any atom is 0.257 e. The van der Waals surface area contributed by atoms with E-state index >= 15 is 0 Å². The molecule has 8 heteroatoms. The molecule has 0 N–H and O–H groups in total. The lowest BCUT2D eigenvalue weighted by molar-refractivity contribution is 0.0736. The minimum absolute atomic E-state index is 0.0937. The molecular weight excluding hydrogens is 428 g/mol. The number of rotatable bonds is 5. The number of carbonyl (C=O) groups is 1. The predicted octanol–water partition coefficient (Wildman–Crippen LogP) is 4.52. The van der Waals surface area contributed by atoms with Gasteiger partial charge in [0.05, 0.1) is 29.2 Å². The summed E-state index contributed by atoms with van der Waals surface area (Å²) in [6, 6.07) is 10.0. The second-order valence-corrected chi connectivity index (χ2v) is 9.20. The molecule has 0 saturated heterocycles. The summed E-state index contributed by atoms with van der Waals surface area (Å²) in [5.74, 6) is 0.708. The molecule has 1 atom stereocenters. The molecule has 6 rings (SSSR count). The zero-order valence-corrected chi connectivity index (χ0v) is 19.3. The maximum absolute atomic E-state index is 13.5. The standard InChI is InChI=1S/C26H26N6O2/c1-16(22-12-13-34-30-22)31(2)25(33)21-15-28-32(24(21)18-10-11-18)26-27-14-19-8-5-7-17-6-3-4-9-20(17)23(19)29-26/h3-4,6,9,12-16,18H,5,7-8,10-11H2,1-2H3. The molecule has 2 aliphatic rings. The highest BCUT2D eigenvalue weighted by molar-refractivity contribution is 5.95. The van der Waals surface area contributed by atoms with Crippen molar-refractivity contribution < 1.29 is 9.32 Å². The molecule has 34 heavy (non-hydrogen) atoms. The molecule has 172 valence electrons. The van der Waals surface area contributed by atoms with Crippen molar-refractivity contribution in [1.82, 2.24) is 29.8 Å². The molecule has 0 bridgehead atoms. The summed E-state index contributed by atoms with van der Waals surface area (Å²) < 4.78 is 6.73. The fourth-order valence-corrected chi connectivity index (χ4v) is 4.79. The van der Waals surface area contributed by atoms with Crippen LogP contribution in [0.25, 0.3) is 17.2 Å². The van der Waals surface area contributed by atoms with Crippen LogP contribution in [0.2, 0.25) is 0 Å². The molecule has 3 heterocycles. The Balaban J connectivity index is 1.40. The van der Waals surface area contributed by atoms with Gasteiger partial charge in [-0.25, -0.2) is 14.6 Å². The van der Waals surface area contributed by atoms with Crippen molar-refractivity contribution in [1.29, 1.82) is 0 Å². The van der Waals surface area contributed by atoms with Crippen molar-refractivity contribution >= 4 is 5.91 Å². The molecule has 1 saturated carbocycles. The summed E-state index contributed by atoms with van der Waals surface area (Å²) >= 11 is 0. The van der Waals surface area contributed by atoms with Gasteiger partial charge in [0.1, 0.15) is 12.0 Å². The lowest BCUT2D eigenvalue weighted by Gasteiger charge is -2.23. The molecule has 1 unspecified atom stereocenters. The van der Waals surface area contributed by atoms with Gasteiger partial charge in [0.15, 0.2) is 0 Å². The zero-order chi connectivity index (χ0) is 23.2. The summed E-state index contributed by atoms with van der Waals surface area (Å²) in [6.07, 6.45) is 10.2. The van der Waals surface area contributed by atoms with E-state index in [1.807, 2.05) is 13.1 Å². The Hall–Kier alpha value is -3.81. The topological polar surface area (TPSA) is 89.9 Å². The molecule has 4 aromatic rings. The van der Waals surface area contributed by atoms with E-state index in [1.54, 1.807) is 28.9 Å². The van der Waals surface area contributed by atoms with E-state index in [9.17, 15) is 4.79 Å². The Bertz CT molecular complexity index is 1360. The Labute approximate surface area is 197 Å². The van der Waals surface area contributed by atoms with Gasteiger partial charge in [0.2, 0.25) is 0 Å². The molecule has 1 fully saturated rings. The minimum atomic E-state index is -0.220. The number of aryl methyl sites for hydroxylation is 2. The number of hydrogen-bond donors (Lipinski definition) is 0. The van der Waals surface area contributed by atoms with E-state index in [-0.39, 0.29) is 17.9 Å². The third-order valence-electron chi connectivity index (χ3n) is 6.99. The molecule has 1 amide bonds. The first kappa shape index (κ1) is 20.8. The second kappa shape index (κ2) is 8.20. The van der Waals surface area contributed by atoms with Crippen LogP contribution in [0.4, 0.5) is 0 Å². The van der Waals surface area contributed by atoms with Gasteiger partial charge in [-0.1, -0.05) is 29.4 Å². The maximum atomic E-state index is 13.5. The van der Waals surface area contributed by atoms with E-state index in [1.165, 1.54) is 11.8 Å². The van der Waals surface area contributed by atoms with Gasteiger partial charge in [0, 0.05) is 30.8 Å². The Kier molecular flexibility index (Phi) is 5.01. The highest BCUT2D eigenvalue weighted by atomic mass is 16.5. The van der Waals surface area contributed by atoms with Crippen LogP contribution in [0, 0.1) is 0 Å². The van der Waals surface area contributed by atoms with E-state index in [0.717, 1.165) is 54.6 Å². The third kappa shape index (κ3) is 3.50. The van der Waals surface area contributed by atoms with Crippen LogP contribution in [0.3, 0.4) is 0 Å². The SMILES string of the molecule is CC(c1ccon1)N(C)C(=O)c1cnn(-c2ncc3c(n2)-c2ccccc2CCC3)c1C1CC1. The smallest absolute Gasteiger partial charge is 0.257 e. The molecular formula is C26H26N6O2. The summed E-state index contributed by atoms with van der Waals surface area (Å²) in [5.41, 5.74) is 6.81. The number of fused-ring (bicyclic) bond motifs is 3. The van der Waals surface area contributed by atoms with Gasteiger partial charge in [-0.2, -0.15) is 5.10 Å². The second-order valence-electron chi connectivity index (χ2n) is 9.20. The van der Waals surface area contributed by atoms with Crippen LogP contribution in [0.1, 0.15) is 71.0 Å². The van der Waals surface area contributed by atoms with Crippen molar-refractivity contribution in [3.8, 4) is 17.2 Å². The first-order chi connectivity index (χ1) is 16.6. The van der Waals surface area contributed by atoms with Gasteiger partial charge in [0.25, 0.3) is 11.9 Å². The van der Waals surface area contributed by atoms with Crippen LogP contribution >= 0.6 is 0 Å². The van der Waals surface area contributed by atoms with E-state index in [2.05, 4.69) is 39.5 Å². The quantitative estimate of drug-likeness (QED) is 0.441. The van der Waals surface area contributed by atoms with Crippen LogP contribution in [-0.2, 0) is 12.8 Å². The average molecular weight is 455 g/mol. The highest BCUT2D eigenvalue weighted by Crippen LogP contribution is 2.43. The largest absolute Gasteiger partial charge is 0.364 e. The fourth-order valence-electron chi connectivity index (χ4n) is 4.79. The summed E-state index contributed by atoms with van der Waals surface area (Å²) in [5, 5.41) is 8.60. The van der Waals surface area contributed by atoms with E-state index in [0.29, 0.717) is 17.2 Å². The van der Waals surface area contributed by atoms with E-state index in [4.69, 9.17) is 9.51 Å². The van der Waals surface area contributed by atoms with Crippen molar-refractivity contribution in [3.63, 3.8) is 0 Å². The number of nitrogens with zero attached hydrogens (tertiary/aromatic N) is 6. The van der Waals surface area contributed by atoms with Crippen LogP contribution in [0.5, 0.6) is 0 Å². The fraction of sp³-hybridized carbons (Fsp3) is 0.346. The predicted molar refractivity (Wildman–Crippen MR) is 126 cm³/mol. The lowest BCUT2D eigenvalue weighted by Crippen LogP contribution is -2.30. The van der Waals surface area contributed by atoms with Gasteiger partial charge >= 0.3 is 0 Å². The Morgan fingerprint density at radius 3 is 2.76 bits per heavy atom. The number of aromatic nitrogens is 5. The normalized spacial score (nSPS) is 15.8. The van der Waals surface area contributed by atoms with Crippen molar-refractivity contribution in [2.45, 2.75) is 51.0 Å². The Morgan fingerprint density at radius 2 is 1.97 bits per heavy atom.